The number of hydrogen-bond acceptors (Lipinski definition) is 3. The summed E-state index contributed by atoms with van der Waals surface area (Å²) in [7, 11) is 0. The predicted molar refractivity (Wildman–Crippen MR) is 97.4 cm³/mol. The third-order valence-corrected chi connectivity index (χ3v) is 4.32. The summed E-state index contributed by atoms with van der Waals surface area (Å²) < 4.78 is 5.66. The van der Waals surface area contributed by atoms with Gasteiger partial charge in [-0.25, -0.2) is 4.79 Å². The van der Waals surface area contributed by atoms with E-state index in [0.717, 1.165) is 30.6 Å². The van der Waals surface area contributed by atoms with Crippen molar-refractivity contribution in [1.29, 1.82) is 0 Å². The van der Waals surface area contributed by atoms with Crippen molar-refractivity contribution in [2.45, 2.75) is 33.1 Å². The molecule has 1 aromatic rings. The molecule has 6 nitrogen and oxygen atoms in total. The van der Waals surface area contributed by atoms with Gasteiger partial charge in [-0.3, -0.25) is 4.79 Å². The Labute approximate surface area is 149 Å². The summed E-state index contributed by atoms with van der Waals surface area (Å²) in [6, 6.07) is 7.53. The summed E-state index contributed by atoms with van der Waals surface area (Å²) in [5.41, 5.74) is 6.45. The van der Waals surface area contributed by atoms with Gasteiger partial charge in [-0.2, -0.15) is 0 Å². The molecule has 0 aliphatic carbocycles. The van der Waals surface area contributed by atoms with E-state index in [2.05, 4.69) is 19.2 Å². The fourth-order valence-corrected chi connectivity index (χ4v) is 2.88. The molecule has 25 heavy (non-hydrogen) atoms. The van der Waals surface area contributed by atoms with E-state index >= 15 is 0 Å². The quantitative estimate of drug-likeness (QED) is 0.793. The lowest BCUT2D eigenvalue weighted by atomic mass is 9.97. The summed E-state index contributed by atoms with van der Waals surface area (Å²) in [5, 5.41) is 2.97. The number of amides is 3. The van der Waals surface area contributed by atoms with Gasteiger partial charge in [-0.15, -0.1) is 0 Å². The van der Waals surface area contributed by atoms with Gasteiger partial charge in [0.05, 0.1) is 12.5 Å². The maximum atomic E-state index is 12.2. The van der Waals surface area contributed by atoms with Gasteiger partial charge in [0.1, 0.15) is 5.75 Å². The zero-order chi connectivity index (χ0) is 18.2. The second-order valence-electron chi connectivity index (χ2n) is 7.01. The van der Waals surface area contributed by atoms with Crippen LogP contribution >= 0.6 is 0 Å². The van der Waals surface area contributed by atoms with E-state index in [1.54, 1.807) is 4.90 Å². The molecule has 138 valence electrons. The molecule has 1 saturated heterocycles. The lowest BCUT2D eigenvalue weighted by Gasteiger charge is -2.30. The number of nitrogens with zero attached hydrogens (tertiary/aromatic N) is 1. The zero-order valence-corrected chi connectivity index (χ0v) is 15.2. The van der Waals surface area contributed by atoms with Crippen LogP contribution in [-0.2, 0) is 11.2 Å². The molecule has 0 radical (unpaired) electrons. The van der Waals surface area contributed by atoms with Gasteiger partial charge < -0.3 is 20.7 Å². The summed E-state index contributed by atoms with van der Waals surface area (Å²) in [6.07, 6.45) is 2.39. The standard InChI is InChI=1S/C19H29N3O3/c1-14(2)13-25-17-7-5-15(6-8-17)9-10-21-18(23)16-4-3-11-22(12-16)19(20)24/h5-8,14,16H,3-4,9-13H2,1-2H3,(H2,20,24)(H,21,23)/t16-/m0/s1. The summed E-state index contributed by atoms with van der Waals surface area (Å²) >= 11 is 0. The van der Waals surface area contributed by atoms with Crippen molar-refractivity contribution < 1.29 is 14.3 Å². The Morgan fingerprint density at radius 1 is 1.32 bits per heavy atom. The molecule has 0 bridgehead atoms. The number of likely N-dealkylation sites (tertiary alicyclic amines) is 1. The van der Waals surface area contributed by atoms with Gasteiger partial charge in [0.15, 0.2) is 0 Å². The third-order valence-electron chi connectivity index (χ3n) is 4.32. The molecule has 1 aliphatic rings. The number of primary amides is 1. The van der Waals surface area contributed by atoms with E-state index in [4.69, 9.17) is 10.5 Å². The molecule has 0 unspecified atom stereocenters. The van der Waals surface area contributed by atoms with Crippen LogP contribution in [0.3, 0.4) is 0 Å². The molecular weight excluding hydrogens is 318 g/mol. The number of carbonyl (C=O) groups is 2. The molecule has 1 fully saturated rings. The van der Waals surface area contributed by atoms with Gasteiger partial charge in [0.2, 0.25) is 5.91 Å². The highest BCUT2D eigenvalue weighted by molar-refractivity contribution is 5.80. The molecule has 1 heterocycles. The first-order valence-corrected chi connectivity index (χ1v) is 8.99. The van der Waals surface area contributed by atoms with Crippen LogP contribution in [0, 0.1) is 11.8 Å². The van der Waals surface area contributed by atoms with Crippen molar-refractivity contribution in [1.82, 2.24) is 10.2 Å². The number of rotatable bonds is 7. The van der Waals surface area contributed by atoms with E-state index in [1.165, 1.54) is 0 Å². The third kappa shape index (κ3) is 6.29. The Balaban J connectivity index is 1.72. The van der Waals surface area contributed by atoms with Crippen molar-refractivity contribution in [2.24, 2.45) is 17.6 Å². The van der Waals surface area contributed by atoms with E-state index in [9.17, 15) is 9.59 Å². The van der Waals surface area contributed by atoms with Crippen LogP contribution in [0.2, 0.25) is 0 Å². The molecule has 0 spiro atoms. The van der Waals surface area contributed by atoms with Crippen LogP contribution in [0.1, 0.15) is 32.3 Å². The van der Waals surface area contributed by atoms with Crippen molar-refractivity contribution in [3.8, 4) is 5.75 Å². The molecule has 6 heteroatoms. The maximum absolute atomic E-state index is 12.2. The number of carbonyl (C=O) groups excluding carboxylic acids is 2. The topological polar surface area (TPSA) is 84.7 Å². The monoisotopic (exact) mass is 347 g/mol. The Morgan fingerprint density at radius 3 is 2.68 bits per heavy atom. The fraction of sp³-hybridized carbons (Fsp3) is 0.579. The van der Waals surface area contributed by atoms with Crippen molar-refractivity contribution in [3.05, 3.63) is 29.8 Å². The Kier molecular flexibility index (Phi) is 7.10. The second-order valence-corrected chi connectivity index (χ2v) is 7.01. The molecular formula is C19H29N3O3. The highest BCUT2D eigenvalue weighted by Gasteiger charge is 2.27. The molecule has 0 aromatic heterocycles. The van der Waals surface area contributed by atoms with Crippen molar-refractivity contribution in [2.75, 3.05) is 26.2 Å². The molecule has 3 N–H and O–H groups in total. The van der Waals surface area contributed by atoms with E-state index in [-0.39, 0.29) is 11.8 Å². The van der Waals surface area contributed by atoms with Crippen LogP contribution in [-0.4, -0.2) is 43.1 Å². The molecule has 1 aliphatic heterocycles. The van der Waals surface area contributed by atoms with Gasteiger partial charge in [-0.05, 0) is 42.9 Å². The Hall–Kier alpha value is -2.24. The molecule has 1 aromatic carbocycles. The maximum Gasteiger partial charge on any atom is 0.314 e. The Bertz CT molecular complexity index is 572. The van der Waals surface area contributed by atoms with Crippen LogP contribution in [0.4, 0.5) is 4.79 Å². The summed E-state index contributed by atoms with van der Waals surface area (Å²) in [5.74, 6) is 1.21. The summed E-state index contributed by atoms with van der Waals surface area (Å²) in [4.78, 5) is 25.0. The number of ether oxygens (including phenoxy) is 1. The van der Waals surface area contributed by atoms with Gasteiger partial charge in [0.25, 0.3) is 0 Å². The SMILES string of the molecule is CC(C)COc1ccc(CCNC(=O)[C@H]2CCCN(C(N)=O)C2)cc1. The normalized spacial score (nSPS) is 17.4. The van der Waals surface area contributed by atoms with Gasteiger partial charge >= 0.3 is 6.03 Å². The number of nitrogens with two attached hydrogens (primary N) is 1. The number of benzene rings is 1. The number of hydrogen-bond donors (Lipinski definition) is 2. The van der Waals surface area contributed by atoms with Crippen LogP contribution in [0.5, 0.6) is 5.75 Å². The lowest BCUT2D eigenvalue weighted by Crippen LogP contribution is -2.47. The van der Waals surface area contributed by atoms with Crippen LogP contribution < -0.4 is 15.8 Å². The predicted octanol–water partition coefficient (Wildman–Crippen LogP) is 2.17. The first kappa shape index (κ1) is 19.1. The average Bonchev–Trinajstić information content (AvgIpc) is 2.61. The van der Waals surface area contributed by atoms with Gasteiger partial charge in [0, 0.05) is 19.6 Å². The van der Waals surface area contributed by atoms with Crippen molar-refractivity contribution in [3.63, 3.8) is 0 Å². The number of piperidine rings is 1. The minimum atomic E-state index is -0.447. The molecule has 2 rings (SSSR count). The minimum Gasteiger partial charge on any atom is -0.493 e. The summed E-state index contributed by atoms with van der Waals surface area (Å²) in [6.45, 7) is 6.59. The number of nitrogens with one attached hydrogen (secondary N) is 1. The van der Waals surface area contributed by atoms with E-state index in [0.29, 0.717) is 32.2 Å². The highest BCUT2D eigenvalue weighted by Crippen LogP contribution is 2.17. The fourth-order valence-electron chi connectivity index (χ4n) is 2.88. The molecule has 3 amide bonds. The van der Waals surface area contributed by atoms with E-state index in [1.807, 2.05) is 24.3 Å². The zero-order valence-electron chi connectivity index (χ0n) is 15.2. The molecule has 0 saturated carbocycles. The largest absolute Gasteiger partial charge is 0.493 e. The Morgan fingerprint density at radius 2 is 2.04 bits per heavy atom. The smallest absolute Gasteiger partial charge is 0.314 e. The van der Waals surface area contributed by atoms with Crippen LogP contribution in [0.25, 0.3) is 0 Å². The highest BCUT2D eigenvalue weighted by atomic mass is 16.5. The minimum absolute atomic E-state index is 0.00263. The average molecular weight is 347 g/mol. The first-order chi connectivity index (χ1) is 12.0. The molecule has 1 atom stereocenters. The lowest BCUT2D eigenvalue weighted by molar-refractivity contribution is -0.126. The van der Waals surface area contributed by atoms with Crippen LogP contribution in [0.15, 0.2) is 24.3 Å². The first-order valence-electron chi connectivity index (χ1n) is 8.99. The number of urea groups is 1. The van der Waals surface area contributed by atoms with Gasteiger partial charge in [-0.1, -0.05) is 26.0 Å². The van der Waals surface area contributed by atoms with Crippen molar-refractivity contribution >= 4 is 11.9 Å². The van der Waals surface area contributed by atoms with E-state index < -0.39 is 6.03 Å². The second kappa shape index (κ2) is 9.30.